The number of benzene rings is 1. The highest BCUT2D eigenvalue weighted by Gasteiger charge is 2.56. The minimum absolute atomic E-state index is 0.0991. The van der Waals surface area contributed by atoms with E-state index in [1.54, 1.807) is 6.07 Å². The van der Waals surface area contributed by atoms with Crippen molar-refractivity contribution in [2.45, 2.75) is 62.2 Å². The summed E-state index contributed by atoms with van der Waals surface area (Å²) in [6, 6.07) is 5.62. The van der Waals surface area contributed by atoms with Crippen LogP contribution in [0, 0.1) is 28.5 Å². The van der Waals surface area contributed by atoms with Crippen LogP contribution in [0.2, 0.25) is 5.31 Å². The highest BCUT2D eigenvalue weighted by atomic mass is 19.1. The summed E-state index contributed by atoms with van der Waals surface area (Å²) in [5, 5.41) is 21.6. The van der Waals surface area contributed by atoms with Crippen LogP contribution < -0.4 is 0 Å². The Morgan fingerprint density at radius 1 is 1.19 bits per heavy atom. The van der Waals surface area contributed by atoms with Gasteiger partial charge in [0.2, 0.25) is 0 Å². The molecule has 2 saturated heterocycles. The summed E-state index contributed by atoms with van der Waals surface area (Å²) < 4.78 is 14.5. The largest absolute Gasteiger partial charge is 0.508 e. The lowest BCUT2D eigenvalue weighted by Gasteiger charge is -2.59. The summed E-state index contributed by atoms with van der Waals surface area (Å²) in [7, 11) is 6.52. The van der Waals surface area contributed by atoms with Crippen molar-refractivity contribution in [3.8, 4) is 11.8 Å². The van der Waals surface area contributed by atoms with Crippen LogP contribution in [0.3, 0.4) is 0 Å². The first-order valence-electron chi connectivity index (χ1n) is 12.9. The fourth-order valence-corrected chi connectivity index (χ4v) is 6.56. The van der Waals surface area contributed by atoms with Crippen molar-refractivity contribution in [3.05, 3.63) is 41.7 Å². The van der Waals surface area contributed by atoms with Gasteiger partial charge in [0.1, 0.15) is 24.0 Å². The molecule has 1 aromatic heterocycles. The fourth-order valence-electron chi connectivity index (χ4n) is 6.56. The van der Waals surface area contributed by atoms with Gasteiger partial charge in [0.05, 0.1) is 19.5 Å². The van der Waals surface area contributed by atoms with Gasteiger partial charge in [0, 0.05) is 43.6 Å². The van der Waals surface area contributed by atoms with Crippen LogP contribution in [0.5, 0.6) is 5.75 Å². The Labute approximate surface area is 211 Å². The second kappa shape index (κ2) is 8.50. The van der Waals surface area contributed by atoms with Crippen molar-refractivity contribution in [1.82, 2.24) is 24.6 Å². The molecular formula is C26H30BFN6O2. The molecule has 10 heteroatoms. The number of urea groups is 1. The molecule has 5 fully saturated rings. The molecule has 8 nitrogen and oxygen atoms in total. The van der Waals surface area contributed by atoms with Crippen LogP contribution in [0.4, 0.5) is 9.18 Å². The van der Waals surface area contributed by atoms with Crippen molar-refractivity contribution in [1.29, 1.82) is 5.26 Å². The zero-order valence-corrected chi connectivity index (χ0v) is 20.3. The molecule has 2 atom stereocenters. The number of rotatable bonds is 2. The number of amides is 2. The van der Waals surface area contributed by atoms with Gasteiger partial charge in [-0.2, -0.15) is 10.4 Å². The van der Waals surface area contributed by atoms with Gasteiger partial charge < -0.3 is 14.9 Å². The molecule has 2 aliphatic heterocycles. The lowest BCUT2D eigenvalue weighted by Crippen LogP contribution is -2.65. The van der Waals surface area contributed by atoms with Crippen LogP contribution in [-0.4, -0.2) is 69.7 Å². The lowest BCUT2D eigenvalue weighted by atomic mass is 9.61. The molecule has 1 aromatic carbocycles. The average molecular weight is 488 g/mol. The summed E-state index contributed by atoms with van der Waals surface area (Å²) in [6.45, 7) is 3.44. The molecule has 2 amide bonds. The Bertz CT molecular complexity index is 1210. The van der Waals surface area contributed by atoms with Crippen molar-refractivity contribution < 1.29 is 14.3 Å². The fraction of sp³-hybridized carbons (Fsp3) is 0.615. The zero-order valence-electron chi connectivity index (χ0n) is 20.3. The third kappa shape index (κ3) is 4.12. The number of halogens is 1. The maximum atomic E-state index is 12.8. The second-order valence-corrected chi connectivity index (χ2v) is 11.5. The number of phenolic OH excluding ortho intramolecular Hbond substituents is 1. The molecule has 3 aliphatic carbocycles. The standard InChI is InChI=1S/C19H26BN5O.C7H4FNO/c20-19-5-1-2-14(19)8-23(11-19)17(26)24-9-18(10-24)6-15(7-18)25-12-21-16(22-25)13-3-4-13;8-7-2-1-6(10)3-5(7)4-9/h12-15H,1-11H2;1-3,10H/t14?,19-;/m1./s1. The van der Waals surface area contributed by atoms with E-state index in [0.29, 0.717) is 23.3 Å². The van der Waals surface area contributed by atoms with E-state index in [-0.39, 0.29) is 22.7 Å². The minimum atomic E-state index is -0.611. The SMILES string of the molecule is N#Cc1cc(O)ccc1F.[B][C@@]12CCCC1CN(C(=O)N1CC3(CC(n4cnc(C5CC5)n4)C3)C1)C2. The van der Waals surface area contributed by atoms with Gasteiger partial charge >= 0.3 is 6.03 Å². The van der Waals surface area contributed by atoms with E-state index in [4.69, 9.17) is 18.2 Å². The maximum absolute atomic E-state index is 12.8. The van der Waals surface area contributed by atoms with Crippen LogP contribution in [0.25, 0.3) is 0 Å². The number of fused-ring (bicyclic) bond motifs is 1. The molecule has 3 heterocycles. The topological polar surface area (TPSA) is 98.3 Å². The van der Waals surface area contributed by atoms with E-state index in [2.05, 4.69) is 14.8 Å². The molecule has 7 rings (SSSR count). The van der Waals surface area contributed by atoms with E-state index < -0.39 is 5.82 Å². The van der Waals surface area contributed by atoms with Gasteiger partial charge in [0.25, 0.3) is 0 Å². The third-order valence-corrected chi connectivity index (χ3v) is 8.78. The van der Waals surface area contributed by atoms with E-state index in [1.165, 1.54) is 31.7 Å². The van der Waals surface area contributed by atoms with Crippen molar-refractivity contribution in [2.24, 2.45) is 11.3 Å². The number of carbonyl (C=O) groups excluding carboxylic acids is 1. The smallest absolute Gasteiger partial charge is 0.320 e. The highest BCUT2D eigenvalue weighted by molar-refractivity contribution is 6.16. The summed E-state index contributed by atoms with van der Waals surface area (Å²) in [5.41, 5.74) is 0.196. The number of aromatic nitrogens is 3. The van der Waals surface area contributed by atoms with Gasteiger partial charge in [-0.3, -0.25) is 0 Å². The Balaban J connectivity index is 0.000000204. The molecular weight excluding hydrogens is 458 g/mol. The molecule has 186 valence electrons. The van der Waals surface area contributed by atoms with Gasteiger partial charge in [0.15, 0.2) is 5.82 Å². The van der Waals surface area contributed by atoms with Crippen LogP contribution in [0.1, 0.15) is 68.3 Å². The molecule has 3 saturated carbocycles. The number of hydrogen-bond donors (Lipinski definition) is 1. The number of nitriles is 1. The van der Waals surface area contributed by atoms with Gasteiger partial charge in [-0.05, 0) is 55.5 Å². The Hall–Kier alpha value is -3.09. The van der Waals surface area contributed by atoms with Crippen LogP contribution in [0.15, 0.2) is 24.5 Å². The second-order valence-electron chi connectivity index (χ2n) is 11.5. The zero-order chi connectivity index (χ0) is 25.1. The molecule has 0 bridgehead atoms. The van der Waals surface area contributed by atoms with Crippen molar-refractivity contribution in [2.75, 3.05) is 26.2 Å². The van der Waals surface area contributed by atoms with Gasteiger partial charge in [-0.15, -0.1) is 0 Å². The van der Waals surface area contributed by atoms with Gasteiger partial charge in [-0.25, -0.2) is 18.9 Å². The molecule has 1 spiro atoms. The van der Waals surface area contributed by atoms with E-state index in [9.17, 15) is 9.18 Å². The number of likely N-dealkylation sites (tertiary alicyclic amines) is 2. The third-order valence-electron chi connectivity index (χ3n) is 8.78. The Morgan fingerprint density at radius 3 is 2.64 bits per heavy atom. The number of aromatic hydroxyl groups is 1. The Morgan fingerprint density at radius 2 is 1.97 bits per heavy atom. The van der Waals surface area contributed by atoms with Crippen LogP contribution >= 0.6 is 0 Å². The minimum Gasteiger partial charge on any atom is -0.508 e. The van der Waals surface area contributed by atoms with Crippen molar-refractivity contribution in [3.63, 3.8) is 0 Å². The lowest BCUT2D eigenvalue weighted by molar-refractivity contribution is -0.0734. The summed E-state index contributed by atoms with van der Waals surface area (Å²) in [6.07, 6.45) is 10.2. The monoisotopic (exact) mass is 488 g/mol. The first-order chi connectivity index (χ1) is 17.3. The molecule has 2 radical (unpaired) electrons. The van der Waals surface area contributed by atoms with E-state index >= 15 is 0 Å². The average Bonchev–Trinajstić information content (AvgIpc) is 3.28. The highest BCUT2D eigenvalue weighted by Crippen LogP contribution is 2.56. The summed E-state index contributed by atoms with van der Waals surface area (Å²) in [5.74, 6) is 1.46. The van der Waals surface area contributed by atoms with E-state index in [1.807, 2.05) is 16.1 Å². The first kappa shape index (κ1) is 23.3. The molecule has 36 heavy (non-hydrogen) atoms. The first-order valence-corrected chi connectivity index (χ1v) is 12.9. The van der Waals surface area contributed by atoms with Gasteiger partial charge in [-0.1, -0.05) is 12.8 Å². The number of carbonyl (C=O) groups is 1. The number of hydrogen-bond acceptors (Lipinski definition) is 5. The predicted molar refractivity (Wildman–Crippen MR) is 130 cm³/mol. The molecule has 1 N–H and O–H groups in total. The quantitative estimate of drug-likeness (QED) is 0.650. The number of nitrogens with zero attached hydrogens (tertiary/aromatic N) is 6. The molecule has 2 aromatic rings. The van der Waals surface area contributed by atoms with E-state index in [0.717, 1.165) is 63.4 Å². The predicted octanol–water partition coefficient (Wildman–Crippen LogP) is 3.76. The van der Waals surface area contributed by atoms with Crippen LogP contribution in [-0.2, 0) is 0 Å². The summed E-state index contributed by atoms with van der Waals surface area (Å²) >= 11 is 0. The Kier molecular flexibility index (Phi) is 5.50. The van der Waals surface area contributed by atoms with Crippen molar-refractivity contribution >= 4 is 13.9 Å². The molecule has 5 aliphatic rings. The number of phenols is 1. The summed E-state index contributed by atoms with van der Waals surface area (Å²) in [4.78, 5) is 21.4. The normalized spacial score (nSPS) is 28.1. The molecule has 1 unspecified atom stereocenters. The maximum Gasteiger partial charge on any atom is 0.320 e.